The van der Waals surface area contributed by atoms with E-state index in [1.807, 2.05) is 0 Å². The van der Waals surface area contributed by atoms with Crippen molar-refractivity contribution in [2.45, 2.75) is 17.7 Å². The number of carbonyl (C=O) groups is 1. The van der Waals surface area contributed by atoms with Crippen molar-refractivity contribution in [3.63, 3.8) is 0 Å². The smallest absolute Gasteiger partial charge is 0.261 e. The fourth-order valence-corrected chi connectivity index (χ4v) is 3.65. The van der Waals surface area contributed by atoms with E-state index in [0.29, 0.717) is 30.3 Å². The van der Waals surface area contributed by atoms with E-state index in [2.05, 4.69) is 10.0 Å². The van der Waals surface area contributed by atoms with Crippen LogP contribution in [-0.4, -0.2) is 34.2 Å². The maximum absolute atomic E-state index is 12.6. The standard InChI is InChI=1S/C18H21N3O5S.ClH/c19-8-1-2-9-20-18(22)13-4-3-5-15(10-13)27(23,24)21-14-6-7-16-17(11-14)26-12-25-16;/h3-7,10-11,21H,1-2,8-9,12,19H2,(H,20,22);1H. The summed E-state index contributed by atoms with van der Waals surface area (Å²) in [5.41, 5.74) is 6.03. The van der Waals surface area contributed by atoms with Crippen LogP contribution in [0.4, 0.5) is 5.69 Å². The number of fused-ring (bicyclic) bond motifs is 1. The van der Waals surface area contributed by atoms with E-state index in [0.717, 1.165) is 12.8 Å². The van der Waals surface area contributed by atoms with Gasteiger partial charge in [-0.25, -0.2) is 8.42 Å². The van der Waals surface area contributed by atoms with Crippen molar-refractivity contribution in [3.05, 3.63) is 48.0 Å². The topological polar surface area (TPSA) is 120 Å². The molecule has 2 aromatic rings. The summed E-state index contributed by atoms with van der Waals surface area (Å²) >= 11 is 0. The molecule has 0 unspecified atom stereocenters. The average Bonchev–Trinajstić information content (AvgIpc) is 3.12. The highest BCUT2D eigenvalue weighted by molar-refractivity contribution is 7.92. The molecule has 0 saturated heterocycles. The lowest BCUT2D eigenvalue weighted by Gasteiger charge is -2.10. The van der Waals surface area contributed by atoms with Crippen LogP contribution < -0.4 is 25.2 Å². The molecule has 28 heavy (non-hydrogen) atoms. The Morgan fingerprint density at radius 3 is 2.64 bits per heavy atom. The van der Waals surface area contributed by atoms with Crippen molar-refractivity contribution in [2.24, 2.45) is 5.73 Å². The largest absolute Gasteiger partial charge is 0.454 e. The summed E-state index contributed by atoms with van der Waals surface area (Å²) < 4.78 is 38.2. The van der Waals surface area contributed by atoms with Gasteiger partial charge in [0.05, 0.1) is 10.6 Å². The minimum absolute atomic E-state index is 0. The molecule has 1 heterocycles. The molecule has 10 heteroatoms. The van der Waals surface area contributed by atoms with E-state index in [1.54, 1.807) is 24.3 Å². The molecule has 152 valence electrons. The molecule has 3 rings (SSSR count). The molecule has 4 N–H and O–H groups in total. The third kappa shape index (κ3) is 5.28. The van der Waals surface area contributed by atoms with E-state index in [9.17, 15) is 13.2 Å². The minimum atomic E-state index is -3.86. The number of amides is 1. The zero-order chi connectivity index (χ0) is 19.3. The lowest BCUT2D eigenvalue weighted by Crippen LogP contribution is -2.25. The van der Waals surface area contributed by atoms with Gasteiger partial charge in [0.2, 0.25) is 6.79 Å². The van der Waals surface area contributed by atoms with Gasteiger partial charge in [-0.15, -0.1) is 12.4 Å². The molecule has 2 aromatic carbocycles. The zero-order valence-corrected chi connectivity index (χ0v) is 16.6. The zero-order valence-electron chi connectivity index (χ0n) is 15.0. The van der Waals surface area contributed by atoms with Gasteiger partial charge in [-0.2, -0.15) is 0 Å². The Kier molecular flexibility index (Phi) is 7.50. The van der Waals surface area contributed by atoms with Crippen LogP contribution in [0.15, 0.2) is 47.4 Å². The molecular formula is C18H22ClN3O5S. The quantitative estimate of drug-likeness (QED) is 0.555. The molecule has 1 aliphatic rings. The lowest BCUT2D eigenvalue weighted by molar-refractivity contribution is 0.0953. The number of hydrogen-bond donors (Lipinski definition) is 3. The summed E-state index contributed by atoms with van der Waals surface area (Å²) in [6.07, 6.45) is 1.58. The molecule has 0 fully saturated rings. The van der Waals surface area contributed by atoms with Crippen LogP contribution in [0.2, 0.25) is 0 Å². The molecule has 8 nitrogen and oxygen atoms in total. The Bertz CT molecular complexity index is 937. The van der Waals surface area contributed by atoms with Gasteiger partial charge >= 0.3 is 0 Å². The molecule has 0 bridgehead atoms. The third-order valence-electron chi connectivity index (χ3n) is 3.95. The lowest BCUT2D eigenvalue weighted by atomic mass is 10.2. The fraction of sp³-hybridized carbons (Fsp3) is 0.278. The summed E-state index contributed by atoms with van der Waals surface area (Å²) in [6.45, 7) is 1.16. The number of benzene rings is 2. The summed E-state index contributed by atoms with van der Waals surface area (Å²) in [5, 5.41) is 2.75. The predicted octanol–water partition coefficient (Wildman–Crippen LogP) is 2.11. The van der Waals surface area contributed by atoms with Crippen LogP contribution in [-0.2, 0) is 10.0 Å². The number of anilines is 1. The highest BCUT2D eigenvalue weighted by Crippen LogP contribution is 2.34. The van der Waals surface area contributed by atoms with E-state index in [1.165, 1.54) is 18.2 Å². The highest BCUT2D eigenvalue weighted by Gasteiger charge is 2.19. The van der Waals surface area contributed by atoms with Crippen LogP contribution in [0.1, 0.15) is 23.2 Å². The molecule has 1 aliphatic heterocycles. The number of carbonyl (C=O) groups excluding carboxylic acids is 1. The van der Waals surface area contributed by atoms with Crippen molar-refractivity contribution in [1.29, 1.82) is 0 Å². The molecular weight excluding hydrogens is 406 g/mol. The second kappa shape index (κ2) is 9.63. The Hall–Kier alpha value is -2.49. The minimum Gasteiger partial charge on any atom is -0.454 e. The van der Waals surface area contributed by atoms with Crippen molar-refractivity contribution in [1.82, 2.24) is 5.32 Å². The normalized spacial score (nSPS) is 12.2. The van der Waals surface area contributed by atoms with Crippen LogP contribution in [0.5, 0.6) is 11.5 Å². The molecule has 0 spiro atoms. The van der Waals surface area contributed by atoms with Gasteiger partial charge in [0.1, 0.15) is 0 Å². The van der Waals surface area contributed by atoms with Crippen LogP contribution in [0.25, 0.3) is 0 Å². The molecule has 0 atom stereocenters. The number of halogens is 1. The molecule has 1 amide bonds. The maximum Gasteiger partial charge on any atom is 0.261 e. The van der Waals surface area contributed by atoms with Crippen molar-refractivity contribution in [3.8, 4) is 11.5 Å². The Labute approximate surface area is 169 Å². The highest BCUT2D eigenvalue weighted by atomic mass is 35.5. The second-order valence-electron chi connectivity index (χ2n) is 5.95. The van der Waals surface area contributed by atoms with Gasteiger partial charge < -0.3 is 20.5 Å². The number of hydrogen-bond acceptors (Lipinski definition) is 6. The summed E-state index contributed by atoms with van der Waals surface area (Å²) in [6, 6.07) is 10.6. The van der Waals surface area contributed by atoms with Gasteiger partial charge in [-0.05, 0) is 49.7 Å². The number of rotatable bonds is 8. The first-order valence-corrected chi connectivity index (χ1v) is 9.99. The second-order valence-corrected chi connectivity index (χ2v) is 7.64. The van der Waals surface area contributed by atoms with Crippen LogP contribution >= 0.6 is 12.4 Å². The predicted molar refractivity (Wildman–Crippen MR) is 108 cm³/mol. The summed E-state index contributed by atoms with van der Waals surface area (Å²) in [5.74, 6) is 0.708. The van der Waals surface area contributed by atoms with Crippen molar-refractivity contribution >= 4 is 34.0 Å². The summed E-state index contributed by atoms with van der Waals surface area (Å²) in [4.78, 5) is 12.2. The SMILES string of the molecule is Cl.NCCCCNC(=O)c1cccc(S(=O)(=O)Nc2ccc3c(c2)OCO3)c1. The third-order valence-corrected chi connectivity index (χ3v) is 5.33. The van der Waals surface area contributed by atoms with E-state index >= 15 is 0 Å². The van der Waals surface area contributed by atoms with E-state index in [-0.39, 0.29) is 35.6 Å². The Morgan fingerprint density at radius 1 is 1.07 bits per heavy atom. The first kappa shape index (κ1) is 21.8. The van der Waals surface area contributed by atoms with Crippen molar-refractivity contribution < 1.29 is 22.7 Å². The number of nitrogens with two attached hydrogens (primary N) is 1. The van der Waals surface area contributed by atoms with Gasteiger partial charge in [0, 0.05) is 18.2 Å². The first-order chi connectivity index (χ1) is 13.0. The number of unbranched alkanes of at least 4 members (excludes halogenated alkanes) is 1. The molecule has 0 saturated carbocycles. The van der Waals surface area contributed by atoms with Crippen molar-refractivity contribution in [2.75, 3.05) is 24.6 Å². The van der Waals surface area contributed by atoms with Gasteiger partial charge in [0.25, 0.3) is 15.9 Å². The Balaban J connectivity index is 0.00000280. The van der Waals surface area contributed by atoms with Crippen LogP contribution in [0.3, 0.4) is 0 Å². The van der Waals surface area contributed by atoms with E-state index < -0.39 is 10.0 Å². The fourth-order valence-electron chi connectivity index (χ4n) is 2.55. The van der Waals surface area contributed by atoms with Gasteiger partial charge in [-0.3, -0.25) is 9.52 Å². The van der Waals surface area contributed by atoms with Gasteiger partial charge in [-0.1, -0.05) is 6.07 Å². The molecule has 0 aromatic heterocycles. The Morgan fingerprint density at radius 2 is 1.86 bits per heavy atom. The van der Waals surface area contributed by atoms with Crippen LogP contribution in [0, 0.1) is 0 Å². The maximum atomic E-state index is 12.6. The van der Waals surface area contributed by atoms with E-state index in [4.69, 9.17) is 15.2 Å². The van der Waals surface area contributed by atoms with Gasteiger partial charge in [0.15, 0.2) is 11.5 Å². The summed E-state index contributed by atoms with van der Waals surface area (Å²) in [7, 11) is -3.86. The monoisotopic (exact) mass is 427 g/mol. The number of ether oxygens (including phenoxy) is 2. The average molecular weight is 428 g/mol. The first-order valence-electron chi connectivity index (χ1n) is 8.50. The molecule has 0 aliphatic carbocycles. The number of nitrogens with one attached hydrogen (secondary N) is 2. The molecule has 0 radical (unpaired) electrons. The number of sulfonamides is 1.